The van der Waals surface area contributed by atoms with Crippen LogP contribution in [0.5, 0.6) is 0 Å². The van der Waals surface area contributed by atoms with Crippen LogP contribution in [0.3, 0.4) is 0 Å². The van der Waals surface area contributed by atoms with Gasteiger partial charge in [0.1, 0.15) is 11.5 Å². The molecule has 0 aliphatic carbocycles. The number of furan rings is 1. The van der Waals surface area contributed by atoms with Crippen LogP contribution in [0.1, 0.15) is 61.4 Å². The summed E-state index contributed by atoms with van der Waals surface area (Å²) in [6, 6.07) is 1.85. The molecule has 3 N–H and O–H groups in total. The average Bonchev–Trinajstić information content (AvgIpc) is 2.96. The number of carbonyl (C=O) groups is 2. The molecule has 0 saturated carbocycles. The first-order valence-corrected chi connectivity index (χ1v) is 9.24. The molecule has 6 nitrogen and oxygen atoms in total. The zero-order chi connectivity index (χ0) is 18.6. The van der Waals surface area contributed by atoms with Crippen molar-refractivity contribution < 1.29 is 14.0 Å². The SMILES string of the molecule is CCC(CC)(CN)C(=O)N1CCC(NC(=O)c2cc(C)oc2C)CC1. The molecule has 2 amide bonds. The maximum atomic E-state index is 12.9. The topological polar surface area (TPSA) is 88.6 Å². The van der Waals surface area contributed by atoms with Crippen molar-refractivity contribution in [2.24, 2.45) is 11.1 Å². The molecule has 0 bridgehead atoms. The second kappa shape index (κ2) is 8.04. The van der Waals surface area contributed by atoms with Gasteiger partial charge in [-0.1, -0.05) is 13.8 Å². The van der Waals surface area contributed by atoms with Crippen LogP contribution in [0.4, 0.5) is 0 Å². The molecule has 1 aliphatic rings. The molecular weight excluding hydrogens is 318 g/mol. The van der Waals surface area contributed by atoms with E-state index in [1.807, 2.05) is 25.7 Å². The lowest BCUT2D eigenvalue weighted by molar-refractivity contribution is -0.143. The molecule has 0 spiro atoms. The number of piperidine rings is 1. The second-order valence-electron chi connectivity index (χ2n) is 7.06. The van der Waals surface area contributed by atoms with E-state index < -0.39 is 5.41 Å². The van der Waals surface area contributed by atoms with Crippen LogP contribution in [-0.4, -0.2) is 42.4 Å². The monoisotopic (exact) mass is 349 g/mol. The molecule has 1 aromatic rings. The van der Waals surface area contributed by atoms with Gasteiger partial charge in [-0.05, 0) is 45.6 Å². The Kier molecular flexibility index (Phi) is 6.27. The molecule has 0 atom stereocenters. The summed E-state index contributed by atoms with van der Waals surface area (Å²) in [6.45, 7) is 9.38. The minimum absolute atomic E-state index is 0.0849. The lowest BCUT2D eigenvalue weighted by atomic mass is 9.80. The number of nitrogens with one attached hydrogen (secondary N) is 1. The quantitative estimate of drug-likeness (QED) is 0.825. The van der Waals surface area contributed by atoms with Crippen molar-refractivity contribution in [1.82, 2.24) is 10.2 Å². The predicted molar refractivity (Wildman–Crippen MR) is 97.3 cm³/mol. The zero-order valence-electron chi connectivity index (χ0n) is 15.9. The Morgan fingerprint density at radius 1 is 1.28 bits per heavy atom. The van der Waals surface area contributed by atoms with Crippen LogP contribution in [-0.2, 0) is 4.79 Å². The number of aryl methyl sites for hydroxylation is 2. The lowest BCUT2D eigenvalue weighted by Gasteiger charge is -2.39. The number of carbonyl (C=O) groups excluding carboxylic acids is 2. The van der Waals surface area contributed by atoms with Crippen LogP contribution < -0.4 is 11.1 Å². The van der Waals surface area contributed by atoms with E-state index in [2.05, 4.69) is 5.32 Å². The molecule has 1 fully saturated rings. The average molecular weight is 349 g/mol. The van der Waals surface area contributed by atoms with Crippen molar-refractivity contribution in [2.75, 3.05) is 19.6 Å². The van der Waals surface area contributed by atoms with Gasteiger partial charge >= 0.3 is 0 Å². The number of amides is 2. The van der Waals surface area contributed by atoms with E-state index in [0.29, 0.717) is 31.0 Å². The van der Waals surface area contributed by atoms with Gasteiger partial charge in [-0.15, -0.1) is 0 Å². The first kappa shape index (κ1) is 19.5. The molecule has 0 aromatic carbocycles. The number of nitrogens with zero attached hydrogens (tertiary/aromatic N) is 1. The third-order valence-electron chi connectivity index (χ3n) is 5.60. The first-order chi connectivity index (χ1) is 11.9. The van der Waals surface area contributed by atoms with Gasteiger partial charge in [0.15, 0.2) is 0 Å². The van der Waals surface area contributed by atoms with E-state index in [-0.39, 0.29) is 17.9 Å². The summed E-state index contributed by atoms with van der Waals surface area (Å²) in [5.41, 5.74) is 6.05. The zero-order valence-corrected chi connectivity index (χ0v) is 15.9. The van der Waals surface area contributed by atoms with Crippen molar-refractivity contribution in [3.05, 3.63) is 23.2 Å². The van der Waals surface area contributed by atoms with E-state index >= 15 is 0 Å². The maximum Gasteiger partial charge on any atom is 0.255 e. The molecule has 2 heterocycles. The molecule has 6 heteroatoms. The number of hydrogen-bond donors (Lipinski definition) is 2. The predicted octanol–water partition coefficient (Wildman–Crippen LogP) is 2.38. The van der Waals surface area contributed by atoms with Gasteiger partial charge in [-0.2, -0.15) is 0 Å². The Hall–Kier alpha value is -1.82. The highest BCUT2D eigenvalue weighted by Crippen LogP contribution is 2.29. The van der Waals surface area contributed by atoms with Gasteiger partial charge in [0.05, 0.1) is 11.0 Å². The van der Waals surface area contributed by atoms with Crippen molar-refractivity contribution in [3.8, 4) is 0 Å². The van der Waals surface area contributed by atoms with Crippen LogP contribution in [0.2, 0.25) is 0 Å². The summed E-state index contributed by atoms with van der Waals surface area (Å²) in [4.78, 5) is 27.2. The van der Waals surface area contributed by atoms with Crippen molar-refractivity contribution >= 4 is 11.8 Å². The van der Waals surface area contributed by atoms with E-state index in [9.17, 15) is 9.59 Å². The highest BCUT2D eigenvalue weighted by atomic mass is 16.3. The fourth-order valence-electron chi connectivity index (χ4n) is 3.61. The van der Waals surface area contributed by atoms with Crippen LogP contribution >= 0.6 is 0 Å². The Labute approximate surface area is 150 Å². The van der Waals surface area contributed by atoms with Gasteiger partial charge in [0.25, 0.3) is 5.91 Å². The molecule has 140 valence electrons. The third kappa shape index (κ3) is 4.06. The second-order valence-corrected chi connectivity index (χ2v) is 7.06. The van der Waals surface area contributed by atoms with E-state index in [0.717, 1.165) is 31.4 Å². The minimum Gasteiger partial charge on any atom is -0.466 e. The molecule has 1 aromatic heterocycles. The minimum atomic E-state index is -0.443. The first-order valence-electron chi connectivity index (χ1n) is 9.24. The molecule has 1 saturated heterocycles. The van der Waals surface area contributed by atoms with Gasteiger partial charge in [-0.25, -0.2) is 0 Å². The lowest BCUT2D eigenvalue weighted by Crippen LogP contribution is -2.52. The van der Waals surface area contributed by atoms with Gasteiger partial charge in [-0.3, -0.25) is 9.59 Å². The normalized spacial score (nSPS) is 16.1. The fraction of sp³-hybridized carbons (Fsp3) is 0.684. The van der Waals surface area contributed by atoms with Crippen molar-refractivity contribution in [3.63, 3.8) is 0 Å². The number of hydrogen-bond acceptors (Lipinski definition) is 4. The number of rotatable bonds is 6. The molecule has 0 unspecified atom stereocenters. The van der Waals surface area contributed by atoms with E-state index in [1.54, 1.807) is 13.0 Å². The molecule has 25 heavy (non-hydrogen) atoms. The summed E-state index contributed by atoms with van der Waals surface area (Å²) in [6.07, 6.45) is 3.05. The van der Waals surface area contributed by atoms with Crippen LogP contribution in [0.15, 0.2) is 10.5 Å². The third-order valence-corrected chi connectivity index (χ3v) is 5.60. The van der Waals surface area contributed by atoms with Crippen molar-refractivity contribution in [1.29, 1.82) is 0 Å². The molecule has 1 aliphatic heterocycles. The Balaban J connectivity index is 1.92. The Bertz CT molecular complexity index is 603. The van der Waals surface area contributed by atoms with Gasteiger partial charge < -0.3 is 20.4 Å². The van der Waals surface area contributed by atoms with Gasteiger partial charge in [0.2, 0.25) is 5.91 Å². The highest BCUT2D eigenvalue weighted by Gasteiger charge is 2.38. The van der Waals surface area contributed by atoms with Crippen LogP contribution in [0.25, 0.3) is 0 Å². The summed E-state index contributed by atoms with van der Waals surface area (Å²) >= 11 is 0. The summed E-state index contributed by atoms with van der Waals surface area (Å²) in [7, 11) is 0. The Morgan fingerprint density at radius 2 is 1.88 bits per heavy atom. The van der Waals surface area contributed by atoms with E-state index in [4.69, 9.17) is 10.2 Å². The van der Waals surface area contributed by atoms with E-state index in [1.165, 1.54) is 0 Å². The number of likely N-dealkylation sites (tertiary alicyclic amines) is 1. The summed E-state index contributed by atoms with van der Waals surface area (Å²) in [5, 5.41) is 3.07. The fourth-order valence-corrected chi connectivity index (χ4v) is 3.61. The van der Waals surface area contributed by atoms with Gasteiger partial charge in [0, 0.05) is 25.7 Å². The summed E-state index contributed by atoms with van der Waals surface area (Å²) in [5.74, 6) is 1.44. The maximum absolute atomic E-state index is 12.9. The highest BCUT2D eigenvalue weighted by molar-refractivity contribution is 5.95. The largest absolute Gasteiger partial charge is 0.466 e. The smallest absolute Gasteiger partial charge is 0.255 e. The number of nitrogens with two attached hydrogens (primary N) is 1. The summed E-state index contributed by atoms with van der Waals surface area (Å²) < 4.78 is 5.42. The standard InChI is InChI=1S/C19H31N3O3/c1-5-19(6-2,12-20)18(24)22-9-7-15(8-10-22)21-17(23)16-11-13(3)25-14(16)4/h11,15H,5-10,12,20H2,1-4H3,(H,21,23). The Morgan fingerprint density at radius 3 is 2.32 bits per heavy atom. The van der Waals surface area contributed by atoms with Crippen LogP contribution in [0, 0.1) is 19.3 Å². The van der Waals surface area contributed by atoms with Crippen molar-refractivity contribution in [2.45, 2.75) is 59.4 Å². The molecule has 2 rings (SSSR count). The molecule has 0 radical (unpaired) electrons. The molecular formula is C19H31N3O3.